The van der Waals surface area contributed by atoms with Crippen molar-refractivity contribution in [1.82, 2.24) is 5.32 Å². The van der Waals surface area contributed by atoms with Crippen molar-refractivity contribution in [2.24, 2.45) is 0 Å². The zero-order valence-electron chi connectivity index (χ0n) is 13.3. The number of benzene rings is 1. The molecule has 0 unspecified atom stereocenters. The van der Waals surface area contributed by atoms with Crippen LogP contribution in [0.1, 0.15) is 24.7 Å². The van der Waals surface area contributed by atoms with E-state index in [0.717, 1.165) is 16.9 Å². The molecule has 0 radical (unpaired) electrons. The van der Waals surface area contributed by atoms with E-state index in [1.165, 1.54) is 0 Å². The SMILES string of the molecule is CCC(=O)Nc1cc(NCC(=O)NCc2ccco2)ccc1C. The van der Waals surface area contributed by atoms with E-state index >= 15 is 0 Å². The van der Waals surface area contributed by atoms with Crippen LogP contribution in [0.5, 0.6) is 0 Å². The van der Waals surface area contributed by atoms with Crippen molar-refractivity contribution in [3.8, 4) is 0 Å². The summed E-state index contributed by atoms with van der Waals surface area (Å²) >= 11 is 0. The molecule has 1 aromatic carbocycles. The smallest absolute Gasteiger partial charge is 0.239 e. The van der Waals surface area contributed by atoms with Crippen molar-refractivity contribution in [2.45, 2.75) is 26.8 Å². The summed E-state index contributed by atoms with van der Waals surface area (Å²) in [6.07, 6.45) is 1.99. The van der Waals surface area contributed by atoms with E-state index in [1.54, 1.807) is 25.3 Å². The van der Waals surface area contributed by atoms with Crippen LogP contribution in [0.15, 0.2) is 41.0 Å². The first-order valence-electron chi connectivity index (χ1n) is 7.52. The van der Waals surface area contributed by atoms with E-state index in [9.17, 15) is 9.59 Å². The van der Waals surface area contributed by atoms with Gasteiger partial charge >= 0.3 is 0 Å². The molecule has 1 aromatic heterocycles. The maximum absolute atomic E-state index is 11.8. The number of carbonyl (C=O) groups is 2. The molecule has 122 valence electrons. The molecule has 0 aliphatic rings. The summed E-state index contributed by atoms with van der Waals surface area (Å²) in [6, 6.07) is 9.17. The van der Waals surface area contributed by atoms with Gasteiger partial charge in [0.1, 0.15) is 5.76 Å². The van der Waals surface area contributed by atoms with E-state index in [4.69, 9.17) is 4.42 Å². The minimum atomic E-state index is -0.138. The number of nitrogens with one attached hydrogen (secondary N) is 3. The van der Waals surface area contributed by atoms with Crippen LogP contribution in [0.3, 0.4) is 0 Å². The molecule has 0 bridgehead atoms. The fourth-order valence-corrected chi connectivity index (χ4v) is 1.95. The average Bonchev–Trinajstić information content (AvgIpc) is 3.07. The van der Waals surface area contributed by atoms with Gasteiger partial charge in [-0.2, -0.15) is 0 Å². The normalized spacial score (nSPS) is 10.2. The molecule has 6 nitrogen and oxygen atoms in total. The van der Waals surface area contributed by atoms with Gasteiger partial charge in [-0.15, -0.1) is 0 Å². The van der Waals surface area contributed by atoms with Gasteiger partial charge in [-0.3, -0.25) is 9.59 Å². The van der Waals surface area contributed by atoms with Crippen molar-refractivity contribution in [1.29, 1.82) is 0 Å². The highest BCUT2D eigenvalue weighted by Crippen LogP contribution is 2.20. The third-order valence-corrected chi connectivity index (χ3v) is 3.33. The third kappa shape index (κ3) is 5.18. The molecule has 2 amide bonds. The van der Waals surface area contributed by atoms with Gasteiger partial charge in [-0.25, -0.2) is 0 Å². The first-order chi connectivity index (χ1) is 11.1. The van der Waals surface area contributed by atoms with Crippen molar-refractivity contribution in [3.63, 3.8) is 0 Å². The van der Waals surface area contributed by atoms with Gasteiger partial charge in [0.05, 0.1) is 19.4 Å². The van der Waals surface area contributed by atoms with E-state index < -0.39 is 0 Å². The lowest BCUT2D eigenvalue weighted by atomic mass is 10.1. The Labute approximate surface area is 135 Å². The highest BCUT2D eigenvalue weighted by Gasteiger charge is 2.06. The first-order valence-corrected chi connectivity index (χ1v) is 7.52. The van der Waals surface area contributed by atoms with Gasteiger partial charge in [0, 0.05) is 17.8 Å². The molecule has 0 saturated carbocycles. The van der Waals surface area contributed by atoms with Gasteiger partial charge in [-0.1, -0.05) is 13.0 Å². The Bertz CT molecular complexity index is 666. The van der Waals surface area contributed by atoms with Gasteiger partial charge in [-0.05, 0) is 36.8 Å². The van der Waals surface area contributed by atoms with Crippen molar-refractivity contribution < 1.29 is 14.0 Å². The fourth-order valence-electron chi connectivity index (χ4n) is 1.95. The summed E-state index contributed by atoms with van der Waals surface area (Å²) in [5.74, 6) is 0.529. The molecule has 0 aliphatic heterocycles. The van der Waals surface area contributed by atoms with Gasteiger partial charge in [0.2, 0.25) is 11.8 Å². The third-order valence-electron chi connectivity index (χ3n) is 3.33. The summed E-state index contributed by atoms with van der Waals surface area (Å²) in [5.41, 5.74) is 2.49. The predicted molar refractivity (Wildman–Crippen MR) is 89.1 cm³/mol. The maximum atomic E-state index is 11.8. The molecule has 0 aliphatic carbocycles. The van der Waals surface area contributed by atoms with Gasteiger partial charge in [0.15, 0.2) is 0 Å². The largest absolute Gasteiger partial charge is 0.467 e. The standard InChI is InChI=1S/C17H21N3O3/c1-3-16(21)20-15-9-13(7-6-12(15)2)18-11-17(22)19-10-14-5-4-8-23-14/h4-9,18H,3,10-11H2,1-2H3,(H,19,22)(H,20,21). The molecule has 6 heteroatoms. The number of hydrogen-bond donors (Lipinski definition) is 3. The minimum absolute atomic E-state index is 0.0403. The lowest BCUT2D eigenvalue weighted by Gasteiger charge is -2.11. The van der Waals surface area contributed by atoms with Crippen molar-refractivity contribution in [2.75, 3.05) is 17.2 Å². The zero-order valence-corrected chi connectivity index (χ0v) is 13.3. The van der Waals surface area contributed by atoms with Crippen LogP contribution < -0.4 is 16.0 Å². The maximum Gasteiger partial charge on any atom is 0.239 e. The number of hydrogen-bond acceptors (Lipinski definition) is 4. The highest BCUT2D eigenvalue weighted by atomic mass is 16.3. The molecule has 0 fully saturated rings. The molecule has 0 saturated heterocycles. The molecule has 2 aromatic rings. The van der Waals surface area contributed by atoms with Crippen LogP contribution >= 0.6 is 0 Å². The highest BCUT2D eigenvalue weighted by molar-refractivity contribution is 5.92. The Morgan fingerprint density at radius 2 is 2.00 bits per heavy atom. The lowest BCUT2D eigenvalue weighted by molar-refractivity contribution is -0.119. The van der Waals surface area contributed by atoms with Gasteiger partial charge in [0.25, 0.3) is 0 Å². The van der Waals surface area contributed by atoms with E-state index in [0.29, 0.717) is 18.7 Å². The molecule has 2 rings (SSSR count). The average molecular weight is 315 g/mol. The van der Waals surface area contributed by atoms with Crippen LogP contribution in [0.4, 0.5) is 11.4 Å². The van der Waals surface area contributed by atoms with E-state index in [1.807, 2.05) is 25.1 Å². The zero-order chi connectivity index (χ0) is 16.7. The summed E-state index contributed by atoms with van der Waals surface area (Å²) in [6.45, 7) is 4.23. The second-order valence-corrected chi connectivity index (χ2v) is 5.14. The lowest BCUT2D eigenvalue weighted by Crippen LogP contribution is -2.29. The molecular weight excluding hydrogens is 294 g/mol. The molecule has 0 atom stereocenters. The molecule has 0 spiro atoms. The van der Waals surface area contributed by atoms with E-state index in [-0.39, 0.29) is 18.4 Å². The first kappa shape index (κ1) is 16.6. The Balaban J connectivity index is 1.86. The summed E-state index contributed by atoms with van der Waals surface area (Å²) in [5, 5.41) is 8.64. The summed E-state index contributed by atoms with van der Waals surface area (Å²) in [7, 11) is 0. The van der Waals surface area contributed by atoms with Crippen LogP contribution in [0.2, 0.25) is 0 Å². The van der Waals surface area contributed by atoms with E-state index in [2.05, 4.69) is 16.0 Å². The molecule has 23 heavy (non-hydrogen) atoms. The second-order valence-electron chi connectivity index (χ2n) is 5.14. The fraction of sp³-hybridized carbons (Fsp3) is 0.294. The van der Waals surface area contributed by atoms with Crippen molar-refractivity contribution >= 4 is 23.2 Å². The molecule has 3 N–H and O–H groups in total. The number of carbonyl (C=O) groups excluding carboxylic acids is 2. The Kier molecular flexibility index (Phi) is 5.80. The van der Waals surface area contributed by atoms with Crippen molar-refractivity contribution in [3.05, 3.63) is 47.9 Å². The molecular formula is C17H21N3O3. The topological polar surface area (TPSA) is 83.4 Å². The minimum Gasteiger partial charge on any atom is -0.467 e. The predicted octanol–water partition coefficient (Wildman–Crippen LogP) is 2.66. The Morgan fingerprint density at radius 3 is 2.70 bits per heavy atom. The number of aryl methyl sites for hydroxylation is 1. The van der Waals surface area contributed by atoms with Crippen LogP contribution in [0, 0.1) is 6.92 Å². The second kappa shape index (κ2) is 8.03. The Hall–Kier alpha value is -2.76. The molecule has 1 heterocycles. The summed E-state index contributed by atoms with van der Waals surface area (Å²) in [4.78, 5) is 23.3. The monoisotopic (exact) mass is 315 g/mol. The van der Waals surface area contributed by atoms with Crippen LogP contribution in [0.25, 0.3) is 0 Å². The number of amides is 2. The summed E-state index contributed by atoms with van der Waals surface area (Å²) < 4.78 is 5.15. The number of furan rings is 1. The van der Waals surface area contributed by atoms with Crippen LogP contribution in [-0.2, 0) is 16.1 Å². The van der Waals surface area contributed by atoms with Gasteiger partial charge < -0.3 is 20.4 Å². The Morgan fingerprint density at radius 1 is 1.17 bits per heavy atom. The van der Waals surface area contributed by atoms with Crippen LogP contribution in [-0.4, -0.2) is 18.4 Å². The number of rotatable bonds is 7. The number of anilines is 2. The quantitative estimate of drug-likeness (QED) is 0.733.